The van der Waals surface area contributed by atoms with Gasteiger partial charge in [0, 0.05) is 6.42 Å². The number of allylic oxidation sites excluding steroid dienone is 5. The lowest BCUT2D eigenvalue weighted by Gasteiger charge is -2.48. The lowest BCUT2D eigenvalue weighted by molar-refractivity contribution is -0.379. The predicted molar refractivity (Wildman–Crippen MR) is 300 cm³/mol. The van der Waals surface area contributed by atoms with Crippen molar-refractivity contribution in [1.29, 1.82) is 0 Å². The smallest absolute Gasteiger partial charge is 0.220 e. The maximum atomic E-state index is 13.3. The average Bonchev–Trinajstić information content (AvgIpc) is 3.49. The highest BCUT2D eigenvalue weighted by molar-refractivity contribution is 5.76. The second-order valence-electron chi connectivity index (χ2n) is 22.2. The molecular weight excluding hydrogens is 1020 g/mol. The number of carbonyl (C=O) groups excluding carboxylic acids is 1. The van der Waals surface area contributed by atoms with Gasteiger partial charge in [-0.2, -0.15) is 0 Å². The van der Waals surface area contributed by atoms with Gasteiger partial charge < -0.3 is 89.9 Å². The molecule has 462 valence electrons. The Kier molecular flexibility index (Phi) is 39.4. The lowest BCUT2D eigenvalue weighted by Crippen LogP contribution is -2.66. The Morgan fingerprint density at radius 3 is 1.27 bits per heavy atom. The number of ether oxygens (including phenoxy) is 6. The maximum absolute atomic E-state index is 13.3. The van der Waals surface area contributed by atoms with E-state index in [-0.39, 0.29) is 18.9 Å². The first kappa shape index (κ1) is 71.3. The Morgan fingerprint density at radius 1 is 0.443 bits per heavy atom. The number of unbranched alkanes of at least 4 members (excludes halogenated alkanes) is 25. The van der Waals surface area contributed by atoms with Crippen molar-refractivity contribution in [3.8, 4) is 0 Å². The Balaban J connectivity index is 1.52. The van der Waals surface area contributed by atoms with E-state index >= 15 is 0 Å². The van der Waals surface area contributed by atoms with Gasteiger partial charge in [-0.15, -0.1) is 0 Å². The minimum absolute atomic E-state index is 0.235. The lowest BCUT2D eigenvalue weighted by atomic mass is 9.96. The topological polar surface area (TPSA) is 307 Å². The molecule has 3 heterocycles. The van der Waals surface area contributed by atoms with Gasteiger partial charge >= 0.3 is 0 Å². The zero-order chi connectivity index (χ0) is 57.6. The quantitative estimate of drug-likeness (QED) is 0.0257. The molecule has 3 saturated heterocycles. The Hall–Kier alpha value is -1.99. The van der Waals surface area contributed by atoms with Gasteiger partial charge in [0.05, 0.1) is 38.6 Å². The van der Waals surface area contributed by atoms with Crippen LogP contribution in [0.2, 0.25) is 0 Å². The highest BCUT2D eigenvalue weighted by atomic mass is 16.8. The number of aliphatic hydroxyl groups excluding tert-OH is 11. The molecule has 0 bridgehead atoms. The van der Waals surface area contributed by atoms with Crippen molar-refractivity contribution in [2.24, 2.45) is 0 Å². The zero-order valence-corrected chi connectivity index (χ0v) is 48.1. The summed E-state index contributed by atoms with van der Waals surface area (Å²) in [5.74, 6) is -0.289. The van der Waals surface area contributed by atoms with E-state index in [2.05, 4.69) is 43.5 Å². The summed E-state index contributed by atoms with van der Waals surface area (Å²) in [7, 11) is 0. The first-order valence-electron chi connectivity index (χ1n) is 30.7. The summed E-state index contributed by atoms with van der Waals surface area (Å²) in [6.45, 7) is 1.69. The molecule has 0 aromatic carbocycles. The molecule has 0 aromatic heterocycles. The third-order valence-corrected chi connectivity index (χ3v) is 15.4. The van der Waals surface area contributed by atoms with E-state index in [1.54, 1.807) is 6.08 Å². The van der Waals surface area contributed by atoms with Crippen molar-refractivity contribution in [2.75, 3.05) is 26.4 Å². The normalized spacial score (nSPS) is 30.5. The number of aliphatic hydroxyl groups is 11. The number of amides is 1. The monoisotopic (exact) mass is 1130 g/mol. The van der Waals surface area contributed by atoms with Gasteiger partial charge in [0.2, 0.25) is 5.91 Å². The fraction of sp³-hybridized carbons (Fsp3) is 0.883. The van der Waals surface area contributed by atoms with Gasteiger partial charge in [-0.05, 0) is 44.9 Å². The minimum Gasteiger partial charge on any atom is -0.394 e. The second kappa shape index (κ2) is 43.6. The van der Waals surface area contributed by atoms with Gasteiger partial charge in [0.25, 0.3) is 0 Å². The van der Waals surface area contributed by atoms with Crippen LogP contribution >= 0.6 is 0 Å². The minimum atomic E-state index is -1.98. The zero-order valence-electron chi connectivity index (χ0n) is 48.1. The summed E-state index contributed by atoms with van der Waals surface area (Å²) in [6.07, 6.45) is 19.8. The number of hydrogen-bond donors (Lipinski definition) is 12. The van der Waals surface area contributed by atoms with Crippen LogP contribution in [-0.4, -0.2) is 193 Å². The SMILES string of the molecule is CCCCCCCCCC/C=C/CC/C=C/CC/C=C/C(O)C(COC1OC(CO)C(OC2OC(CO)C(OC3OC(CO)C(O)C(O)C3O)C(O)C2O)C(O)C1O)NC(=O)CCCCCCCCCCCCCCCCCC. The Morgan fingerprint density at radius 2 is 0.810 bits per heavy atom. The molecule has 12 N–H and O–H groups in total. The highest BCUT2D eigenvalue weighted by Gasteiger charge is 2.53. The molecule has 0 spiro atoms. The highest BCUT2D eigenvalue weighted by Crippen LogP contribution is 2.33. The van der Waals surface area contributed by atoms with E-state index < -0.39 is 124 Å². The van der Waals surface area contributed by atoms with Crippen molar-refractivity contribution in [2.45, 2.75) is 311 Å². The van der Waals surface area contributed by atoms with Gasteiger partial charge in [0.1, 0.15) is 73.2 Å². The summed E-state index contributed by atoms with van der Waals surface area (Å²) in [6, 6.07) is -0.992. The summed E-state index contributed by atoms with van der Waals surface area (Å²) < 4.78 is 34.2. The van der Waals surface area contributed by atoms with Crippen LogP contribution in [0.25, 0.3) is 0 Å². The average molecular weight is 1130 g/mol. The van der Waals surface area contributed by atoms with Crippen molar-refractivity contribution < 1.29 is 89.4 Å². The molecular formula is C60H109NO18. The van der Waals surface area contributed by atoms with Crippen LogP contribution in [0.5, 0.6) is 0 Å². The van der Waals surface area contributed by atoms with E-state index in [9.17, 15) is 61.0 Å². The predicted octanol–water partition coefficient (Wildman–Crippen LogP) is 5.71. The Bertz CT molecular complexity index is 1590. The number of nitrogens with one attached hydrogen (secondary N) is 1. The van der Waals surface area contributed by atoms with E-state index in [1.165, 1.54) is 128 Å². The van der Waals surface area contributed by atoms with Gasteiger partial charge in [-0.1, -0.05) is 192 Å². The summed E-state index contributed by atoms with van der Waals surface area (Å²) in [5, 5.41) is 120. The maximum Gasteiger partial charge on any atom is 0.220 e. The summed E-state index contributed by atoms with van der Waals surface area (Å²) in [4.78, 5) is 13.3. The Labute approximate surface area is 472 Å². The standard InChI is InChI=1S/C60H109NO18/c1-3-5-7-9-11-13-15-17-19-21-22-23-25-27-29-31-33-35-37-44(65)43(61-48(66)38-36-34-32-30-28-26-24-20-18-16-14-12-10-8-6-4-2)42-74-58-54(72)51(69)56(46(40-63)76-58)79-60-55(73)52(70)57(47(41-64)77-60)78-59-53(71)50(68)49(67)45(39-62)75-59/h21-22,27,29,35,37,43-47,49-60,62-65,67-73H,3-20,23-26,28,30-34,36,38-42H2,1-2H3,(H,61,66)/b22-21+,29-27+,37-35+. The van der Waals surface area contributed by atoms with Crippen LogP contribution in [-0.2, 0) is 33.2 Å². The molecule has 0 saturated carbocycles. The van der Waals surface area contributed by atoms with E-state index in [0.717, 1.165) is 44.9 Å². The van der Waals surface area contributed by atoms with E-state index in [4.69, 9.17) is 28.4 Å². The molecule has 17 unspecified atom stereocenters. The molecule has 3 fully saturated rings. The van der Waals surface area contributed by atoms with Crippen LogP contribution in [0.15, 0.2) is 36.5 Å². The number of hydrogen-bond acceptors (Lipinski definition) is 18. The third kappa shape index (κ3) is 27.5. The molecule has 1 amide bonds. The molecule has 0 aliphatic carbocycles. The first-order valence-corrected chi connectivity index (χ1v) is 30.7. The third-order valence-electron chi connectivity index (χ3n) is 15.4. The fourth-order valence-corrected chi connectivity index (χ4v) is 10.3. The van der Waals surface area contributed by atoms with Crippen LogP contribution in [0.4, 0.5) is 0 Å². The molecule has 79 heavy (non-hydrogen) atoms. The molecule has 3 aliphatic heterocycles. The summed E-state index contributed by atoms with van der Waals surface area (Å²) >= 11 is 0. The van der Waals surface area contributed by atoms with Crippen molar-refractivity contribution >= 4 is 5.91 Å². The molecule has 3 rings (SSSR count). The van der Waals surface area contributed by atoms with Crippen molar-refractivity contribution in [3.05, 3.63) is 36.5 Å². The van der Waals surface area contributed by atoms with Crippen molar-refractivity contribution in [3.63, 3.8) is 0 Å². The molecule has 19 heteroatoms. The van der Waals surface area contributed by atoms with Gasteiger partial charge in [-0.3, -0.25) is 4.79 Å². The van der Waals surface area contributed by atoms with Crippen molar-refractivity contribution in [1.82, 2.24) is 5.32 Å². The van der Waals surface area contributed by atoms with E-state index in [1.807, 2.05) is 6.08 Å². The molecule has 0 aromatic rings. The van der Waals surface area contributed by atoms with Crippen LogP contribution < -0.4 is 5.32 Å². The van der Waals surface area contributed by atoms with Gasteiger partial charge in [0.15, 0.2) is 18.9 Å². The fourth-order valence-electron chi connectivity index (χ4n) is 10.3. The molecule has 3 aliphatic rings. The second-order valence-corrected chi connectivity index (χ2v) is 22.2. The molecule has 0 radical (unpaired) electrons. The van der Waals surface area contributed by atoms with Gasteiger partial charge in [-0.25, -0.2) is 0 Å². The first-order chi connectivity index (χ1) is 38.3. The summed E-state index contributed by atoms with van der Waals surface area (Å²) in [5.41, 5.74) is 0. The van der Waals surface area contributed by atoms with E-state index in [0.29, 0.717) is 12.8 Å². The number of rotatable bonds is 45. The van der Waals surface area contributed by atoms with Crippen LogP contribution in [0.3, 0.4) is 0 Å². The number of carbonyl (C=O) groups is 1. The van der Waals surface area contributed by atoms with Crippen LogP contribution in [0, 0.1) is 0 Å². The molecule has 17 atom stereocenters. The molecule has 19 nitrogen and oxygen atoms in total. The van der Waals surface area contributed by atoms with Crippen LogP contribution in [0.1, 0.15) is 206 Å². The largest absolute Gasteiger partial charge is 0.394 e.